The van der Waals surface area contributed by atoms with E-state index in [4.69, 9.17) is 5.73 Å². The van der Waals surface area contributed by atoms with E-state index < -0.39 is 0 Å². The fourth-order valence-corrected chi connectivity index (χ4v) is 4.37. The summed E-state index contributed by atoms with van der Waals surface area (Å²) < 4.78 is 0. The Hall–Kier alpha value is -0.220. The first-order valence-corrected chi connectivity index (χ1v) is 8.53. The zero-order valence-corrected chi connectivity index (χ0v) is 12.0. The van der Waals surface area contributed by atoms with Crippen LogP contribution < -0.4 is 11.1 Å². The average molecular weight is 270 g/mol. The third kappa shape index (κ3) is 4.47. The third-order valence-electron chi connectivity index (χ3n) is 4.25. The molecular weight excluding hydrogens is 244 g/mol. The molecule has 2 aliphatic rings. The molecule has 2 rings (SSSR count). The summed E-state index contributed by atoms with van der Waals surface area (Å²) in [6.45, 7) is 0. The number of carbonyl (C=O) groups is 1. The van der Waals surface area contributed by atoms with Gasteiger partial charge in [0.05, 0.1) is 0 Å². The lowest BCUT2D eigenvalue weighted by atomic mass is 9.82. The Morgan fingerprint density at radius 2 is 2.00 bits per heavy atom. The lowest BCUT2D eigenvalue weighted by molar-refractivity contribution is -0.118. The lowest BCUT2D eigenvalue weighted by Crippen LogP contribution is -2.47. The quantitative estimate of drug-likeness (QED) is 0.806. The summed E-state index contributed by atoms with van der Waals surface area (Å²) in [6.07, 6.45) is 9.62. The molecule has 0 unspecified atom stereocenters. The zero-order valence-electron chi connectivity index (χ0n) is 11.2. The van der Waals surface area contributed by atoms with Gasteiger partial charge >= 0.3 is 0 Å². The second-order valence-electron chi connectivity index (χ2n) is 5.76. The van der Waals surface area contributed by atoms with E-state index in [-0.39, 0.29) is 5.91 Å². The van der Waals surface area contributed by atoms with Crippen LogP contribution in [0, 0.1) is 5.92 Å². The second-order valence-corrected chi connectivity index (χ2v) is 6.91. The van der Waals surface area contributed by atoms with Crippen molar-refractivity contribution in [3.63, 3.8) is 0 Å². The number of nitrogens with one attached hydrogen (secondary N) is 1. The van der Waals surface area contributed by atoms with Crippen molar-refractivity contribution in [3.05, 3.63) is 0 Å². The topological polar surface area (TPSA) is 55.1 Å². The highest BCUT2D eigenvalue weighted by atomic mass is 32.2. The second kappa shape index (κ2) is 7.39. The largest absolute Gasteiger partial charge is 0.370 e. The molecule has 4 heteroatoms. The van der Waals surface area contributed by atoms with Crippen molar-refractivity contribution in [2.24, 2.45) is 11.7 Å². The molecule has 1 heterocycles. The summed E-state index contributed by atoms with van der Waals surface area (Å²) >= 11 is 2.03. The molecule has 0 aromatic rings. The molecule has 104 valence electrons. The summed E-state index contributed by atoms with van der Waals surface area (Å²) in [5.41, 5.74) is 5.42. The number of nitrogens with two attached hydrogens (primary N) is 1. The van der Waals surface area contributed by atoms with Crippen molar-refractivity contribution in [2.75, 3.05) is 11.5 Å². The van der Waals surface area contributed by atoms with Gasteiger partial charge in [-0.05, 0) is 37.4 Å². The maximum Gasteiger partial charge on any atom is 0.218 e. The Bertz CT molecular complexity index is 261. The molecule has 3 nitrogen and oxygen atoms in total. The first-order chi connectivity index (χ1) is 8.75. The number of hydrogen-bond donors (Lipinski definition) is 2. The molecule has 0 aromatic carbocycles. The molecule has 0 aromatic heterocycles. The molecule has 0 bridgehead atoms. The molecule has 2 atom stereocenters. The molecule has 0 radical (unpaired) electrons. The van der Waals surface area contributed by atoms with Crippen LogP contribution in [0.5, 0.6) is 0 Å². The number of primary amides is 1. The van der Waals surface area contributed by atoms with Gasteiger partial charge in [0, 0.05) is 24.3 Å². The third-order valence-corrected chi connectivity index (χ3v) is 5.47. The van der Waals surface area contributed by atoms with Crippen molar-refractivity contribution in [3.8, 4) is 0 Å². The average Bonchev–Trinajstić information content (AvgIpc) is 2.40. The summed E-state index contributed by atoms with van der Waals surface area (Å²) in [6, 6.07) is 0.918. The van der Waals surface area contributed by atoms with Gasteiger partial charge in [0.25, 0.3) is 0 Å². The molecular formula is C14H26N2OS. The minimum Gasteiger partial charge on any atom is -0.370 e. The predicted molar refractivity (Wildman–Crippen MR) is 77.7 cm³/mol. The molecule has 1 aliphatic heterocycles. The highest BCUT2D eigenvalue weighted by Crippen LogP contribution is 2.29. The van der Waals surface area contributed by atoms with Gasteiger partial charge in [0.15, 0.2) is 0 Å². The van der Waals surface area contributed by atoms with Crippen LogP contribution in [0.15, 0.2) is 0 Å². The smallest absolute Gasteiger partial charge is 0.218 e. The van der Waals surface area contributed by atoms with E-state index in [0.29, 0.717) is 24.4 Å². The molecule has 1 saturated carbocycles. The van der Waals surface area contributed by atoms with Crippen LogP contribution in [0.25, 0.3) is 0 Å². The summed E-state index contributed by atoms with van der Waals surface area (Å²) in [5.74, 6) is 3.00. The molecule has 18 heavy (non-hydrogen) atoms. The van der Waals surface area contributed by atoms with Crippen LogP contribution in [-0.4, -0.2) is 29.5 Å². The zero-order chi connectivity index (χ0) is 12.8. The lowest BCUT2D eigenvalue weighted by Gasteiger charge is -2.34. The van der Waals surface area contributed by atoms with E-state index in [9.17, 15) is 4.79 Å². The van der Waals surface area contributed by atoms with Crippen molar-refractivity contribution in [1.82, 2.24) is 5.32 Å². The number of amides is 1. The summed E-state index contributed by atoms with van der Waals surface area (Å²) in [5, 5.41) is 3.74. The highest BCUT2D eigenvalue weighted by molar-refractivity contribution is 7.99. The van der Waals surface area contributed by atoms with Gasteiger partial charge < -0.3 is 11.1 Å². The first-order valence-electron chi connectivity index (χ1n) is 7.38. The van der Waals surface area contributed by atoms with Gasteiger partial charge in [-0.1, -0.05) is 19.3 Å². The van der Waals surface area contributed by atoms with E-state index in [2.05, 4.69) is 5.32 Å². The van der Waals surface area contributed by atoms with Gasteiger partial charge in [-0.2, -0.15) is 11.8 Å². The van der Waals surface area contributed by atoms with Crippen LogP contribution in [0.3, 0.4) is 0 Å². The van der Waals surface area contributed by atoms with Crippen molar-refractivity contribution in [1.29, 1.82) is 0 Å². The van der Waals surface area contributed by atoms with Gasteiger partial charge in [0.1, 0.15) is 0 Å². The minimum absolute atomic E-state index is 0.151. The van der Waals surface area contributed by atoms with Crippen molar-refractivity contribution in [2.45, 2.75) is 63.5 Å². The maximum atomic E-state index is 11.3. The Labute approximate surface area is 115 Å². The van der Waals surface area contributed by atoms with Crippen LogP contribution in [0.4, 0.5) is 0 Å². The molecule has 1 amide bonds. The van der Waals surface area contributed by atoms with Gasteiger partial charge in [-0.25, -0.2) is 0 Å². The number of rotatable bonds is 5. The van der Waals surface area contributed by atoms with E-state index >= 15 is 0 Å². The molecule has 1 aliphatic carbocycles. The fourth-order valence-electron chi connectivity index (χ4n) is 3.29. The van der Waals surface area contributed by atoms with Crippen molar-refractivity contribution < 1.29 is 4.79 Å². The molecule has 1 saturated heterocycles. The molecule has 3 N–H and O–H groups in total. The Morgan fingerprint density at radius 1 is 1.22 bits per heavy atom. The van der Waals surface area contributed by atoms with Crippen molar-refractivity contribution >= 4 is 17.7 Å². The van der Waals surface area contributed by atoms with Crippen LogP contribution in [0.2, 0.25) is 0 Å². The Balaban J connectivity index is 1.88. The fraction of sp³-hybridized carbons (Fsp3) is 0.929. The highest BCUT2D eigenvalue weighted by Gasteiger charge is 2.27. The minimum atomic E-state index is -0.151. The van der Waals surface area contributed by atoms with Gasteiger partial charge in [-0.15, -0.1) is 0 Å². The van der Waals surface area contributed by atoms with Crippen LogP contribution in [0.1, 0.15) is 51.4 Å². The SMILES string of the molecule is NC(=O)C[C@H](N[C@@H]1CCCSC1)C1CCCCC1. The van der Waals surface area contributed by atoms with E-state index in [1.54, 1.807) is 0 Å². The van der Waals surface area contributed by atoms with Crippen LogP contribution in [-0.2, 0) is 4.79 Å². The van der Waals surface area contributed by atoms with E-state index in [0.717, 1.165) is 0 Å². The standard InChI is InChI=1S/C14H26N2OS/c15-14(17)9-13(11-5-2-1-3-6-11)16-12-7-4-8-18-10-12/h11-13,16H,1-10H2,(H2,15,17)/t12-,13+/m1/s1. The van der Waals surface area contributed by atoms with Gasteiger partial charge in [0.2, 0.25) is 5.91 Å². The Kier molecular flexibility index (Phi) is 5.83. The molecule has 2 fully saturated rings. The maximum absolute atomic E-state index is 11.3. The molecule has 0 spiro atoms. The van der Waals surface area contributed by atoms with Crippen LogP contribution >= 0.6 is 11.8 Å². The normalized spacial score (nSPS) is 27.9. The first kappa shape index (κ1) is 14.2. The van der Waals surface area contributed by atoms with E-state index in [1.165, 1.54) is 56.5 Å². The summed E-state index contributed by atoms with van der Waals surface area (Å²) in [4.78, 5) is 11.3. The van der Waals surface area contributed by atoms with E-state index in [1.807, 2.05) is 11.8 Å². The summed E-state index contributed by atoms with van der Waals surface area (Å²) in [7, 11) is 0. The van der Waals surface area contributed by atoms with Gasteiger partial charge in [-0.3, -0.25) is 4.79 Å². The number of thioether (sulfide) groups is 1. The Morgan fingerprint density at radius 3 is 2.61 bits per heavy atom. The monoisotopic (exact) mass is 270 g/mol. The number of carbonyl (C=O) groups excluding carboxylic acids is 1. The predicted octanol–water partition coefficient (Wildman–Crippen LogP) is 2.30. The number of hydrogen-bond acceptors (Lipinski definition) is 3.